The van der Waals surface area contributed by atoms with Crippen LogP contribution in [0.5, 0.6) is 6.01 Å². The van der Waals surface area contributed by atoms with E-state index in [2.05, 4.69) is 25.6 Å². The third kappa shape index (κ3) is 2.95. The second-order valence-electron chi connectivity index (χ2n) is 4.40. The van der Waals surface area contributed by atoms with Crippen molar-refractivity contribution in [3.05, 3.63) is 17.0 Å². The van der Waals surface area contributed by atoms with Crippen LogP contribution >= 0.6 is 0 Å². The number of carbonyl (C=O) groups is 1. The summed E-state index contributed by atoms with van der Waals surface area (Å²) in [6.45, 7) is 6.13. The lowest BCUT2D eigenvalue weighted by atomic mass is 10.1. The molecule has 20 heavy (non-hydrogen) atoms. The van der Waals surface area contributed by atoms with Crippen LogP contribution in [0.2, 0.25) is 0 Å². The molecule has 0 saturated heterocycles. The van der Waals surface area contributed by atoms with E-state index in [1.807, 2.05) is 27.8 Å². The number of anilines is 1. The number of carbonyl (C=O) groups excluding carboxylic acids is 1. The number of aromatic amines is 1. The van der Waals surface area contributed by atoms with Crippen molar-refractivity contribution in [1.29, 1.82) is 0 Å². The van der Waals surface area contributed by atoms with E-state index < -0.39 is 0 Å². The Balaban J connectivity index is 2.01. The SMILES string of the molecule is CCOc1n[nH]c(NC(=O)Cc2c(C)nn(C)c2C)n1. The number of aromatic nitrogens is 5. The average Bonchev–Trinajstić information content (AvgIpc) is 2.91. The van der Waals surface area contributed by atoms with Crippen molar-refractivity contribution in [2.24, 2.45) is 7.05 Å². The molecule has 1 amide bonds. The molecule has 0 atom stereocenters. The molecular weight excluding hydrogens is 260 g/mol. The van der Waals surface area contributed by atoms with Gasteiger partial charge in [-0.2, -0.15) is 10.1 Å². The number of nitrogens with zero attached hydrogens (tertiary/aromatic N) is 4. The first kappa shape index (κ1) is 14.0. The summed E-state index contributed by atoms with van der Waals surface area (Å²) in [7, 11) is 1.86. The average molecular weight is 278 g/mol. The van der Waals surface area contributed by atoms with Gasteiger partial charge in [0.05, 0.1) is 18.7 Å². The summed E-state index contributed by atoms with van der Waals surface area (Å²) in [5, 5.41) is 13.3. The molecule has 8 heteroatoms. The van der Waals surface area contributed by atoms with Crippen molar-refractivity contribution in [2.75, 3.05) is 11.9 Å². The van der Waals surface area contributed by atoms with Crippen molar-refractivity contribution < 1.29 is 9.53 Å². The van der Waals surface area contributed by atoms with Gasteiger partial charge in [0, 0.05) is 18.3 Å². The Morgan fingerprint density at radius 2 is 2.20 bits per heavy atom. The Labute approximate surface area is 116 Å². The van der Waals surface area contributed by atoms with Gasteiger partial charge in [0.15, 0.2) is 0 Å². The van der Waals surface area contributed by atoms with Crippen LogP contribution < -0.4 is 10.1 Å². The van der Waals surface area contributed by atoms with Crippen LogP contribution in [0.4, 0.5) is 5.95 Å². The first-order chi connectivity index (χ1) is 9.51. The molecule has 0 aliphatic rings. The summed E-state index contributed by atoms with van der Waals surface area (Å²) in [6.07, 6.45) is 0.246. The number of ether oxygens (including phenoxy) is 1. The Hall–Kier alpha value is -2.38. The van der Waals surface area contributed by atoms with E-state index in [4.69, 9.17) is 4.74 Å². The van der Waals surface area contributed by atoms with Crippen LogP contribution in [-0.2, 0) is 18.3 Å². The number of amides is 1. The Morgan fingerprint density at radius 3 is 2.80 bits per heavy atom. The van der Waals surface area contributed by atoms with E-state index in [-0.39, 0.29) is 24.3 Å². The fourth-order valence-corrected chi connectivity index (χ4v) is 1.91. The number of hydrogen-bond acceptors (Lipinski definition) is 5. The predicted molar refractivity (Wildman–Crippen MR) is 72.6 cm³/mol. The lowest BCUT2D eigenvalue weighted by Crippen LogP contribution is -2.16. The van der Waals surface area contributed by atoms with Crippen LogP contribution in [0.15, 0.2) is 0 Å². The summed E-state index contributed by atoms with van der Waals surface area (Å²) < 4.78 is 6.87. The first-order valence-corrected chi connectivity index (χ1v) is 6.35. The minimum atomic E-state index is -0.177. The normalized spacial score (nSPS) is 10.6. The van der Waals surface area contributed by atoms with Crippen molar-refractivity contribution in [3.8, 4) is 6.01 Å². The summed E-state index contributed by atoms with van der Waals surface area (Å²) >= 11 is 0. The fraction of sp³-hybridized carbons (Fsp3) is 0.500. The van der Waals surface area contributed by atoms with E-state index in [1.54, 1.807) is 4.68 Å². The molecule has 2 heterocycles. The van der Waals surface area contributed by atoms with Gasteiger partial charge in [-0.05, 0) is 20.8 Å². The smallest absolute Gasteiger partial charge is 0.337 e. The number of H-pyrrole nitrogens is 1. The van der Waals surface area contributed by atoms with E-state index in [0.29, 0.717) is 6.61 Å². The van der Waals surface area contributed by atoms with Gasteiger partial charge in [0.25, 0.3) is 0 Å². The first-order valence-electron chi connectivity index (χ1n) is 6.35. The summed E-state index contributed by atoms with van der Waals surface area (Å²) in [5.74, 6) is 0.0982. The van der Waals surface area contributed by atoms with E-state index in [9.17, 15) is 4.79 Å². The molecule has 2 aromatic heterocycles. The molecule has 0 aliphatic carbocycles. The quantitative estimate of drug-likeness (QED) is 0.840. The molecule has 2 rings (SSSR count). The topological polar surface area (TPSA) is 97.7 Å². The Bertz CT molecular complexity index is 615. The zero-order valence-corrected chi connectivity index (χ0v) is 12.0. The van der Waals surface area contributed by atoms with Gasteiger partial charge in [-0.3, -0.25) is 14.8 Å². The van der Waals surface area contributed by atoms with Gasteiger partial charge in [0.1, 0.15) is 0 Å². The molecule has 8 nitrogen and oxygen atoms in total. The highest BCUT2D eigenvalue weighted by atomic mass is 16.5. The van der Waals surface area contributed by atoms with E-state index in [0.717, 1.165) is 17.0 Å². The van der Waals surface area contributed by atoms with Gasteiger partial charge in [-0.15, -0.1) is 5.10 Å². The molecular formula is C12H18N6O2. The summed E-state index contributed by atoms with van der Waals surface area (Å²) in [6, 6.07) is 0.219. The molecule has 2 N–H and O–H groups in total. The largest absolute Gasteiger partial charge is 0.463 e. The molecule has 0 spiro atoms. The molecule has 0 unspecified atom stereocenters. The lowest BCUT2D eigenvalue weighted by Gasteiger charge is -2.02. The highest BCUT2D eigenvalue weighted by Crippen LogP contribution is 2.13. The highest BCUT2D eigenvalue weighted by Gasteiger charge is 2.14. The van der Waals surface area contributed by atoms with Crippen LogP contribution in [-0.4, -0.2) is 37.5 Å². The fourth-order valence-electron chi connectivity index (χ4n) is 1.91. The third-order valence-electron chi connectivity index (χ3n) is 2.99. The van der Waals surface area contributed by atoms with E-state index >= 15 is 0 Å². The van der Waals surface area contributed by atoms with Gasteiger partial charge < -0.3 is 4.74 Å². The minimum Gasteiger partial charge on any atom is -0.463 e. The predicted octanol–water partition coefficient (Wildman–Crippen LogP) is 0.735. The molecule has 0 aliphatic heterocycles. The number of hydrogen-bond donors (Lipinski definition) is 2. The maximum Gasteiger partial charge on any atom is 0.337 e. The molecule has 0 bridgehead atoms. The minimum absolute atomic E-state index is 0.177. The van der Waals surface area contributed by atoms with Crippen LogP contribution in [0.1, 0.15) is 23.9 Å². The van der Waals surface area contributed by atoms with Gasteiger partial charge in [0.2, 0.25) is 11.9 Å². The molecule has 0 fully saturated rings. The van der Waals surface area contributed by atoms with E-state index in [1.165, 1.54) is 0 Å². The van der Waals surface area contributed by atoms with Gasteiger partial charge >= 0.3 is 6.01 Å². The standard InChI is InChI=1S/C12H18N6O2/c1-5-20-12-14-11(15-16-12)13-10(19)6-9-7(2)17-18(4)8(9)3/h5-6H2,1-4H3,(H2,13,14,15,16,19). The molecule has 0 aromatic carbocycles. The van der Waals surface area contributed by atoms with Crippen molar-refractivity contribution >= 4 is 11.9 Å². The second kappa shape index (κ2) is 5.72. The van der Waals surface area contributed by atoms with Crippen molar-refractivity contribution in [3.63, 3.8) is 0 Å². The Morgan fingerprint density at radius 1 is 1.45 bits per heavy atom. The van der Waals surface area contributed by atoms with Crippen molar-refractivity contribution in [2.45, 2.75) is 27.2 Å². The Kier molecular flexibility index (Phi) is 4.02. The molecule has 0 saturated carbocycles. The number of rotatable bonds is 5. The molecule has 2 aromatic rings. The van der Waals surface area contributed by atoms with Crippen LogP contribution in [0.25, 0.3) is 0 Å². The van der Waals surface area contributed by atoms with Crippen molar-refractivity contribution in [1.82, 2.24) is 25.0 Å². The van der Waals surface area contributed by atoms with Crippen LogP contribution in [0, 0.1) is 13.8 Å². The number of nitrogens with one attached hydrogen (secondary N) is 2. The maximum atomic E-state index is 12.0. The lowest BCUT2D eigenvalue weighted by molar-refractivity contribution is -0.115. The van der Waals surface area contributed by atoms with Gasteiger partial charge in [-0.1, -0.05) is 0 Å². The third-order valence-corrected chi connectivity index (χ3v) is 2.99. The monoisotopic (exact) mass is 278 g/mol. The highest BCUT2D eigenvalue weighted by molar-refractivity contribution is 5.90. The molecule has 108 valence electrons. The summed E-state index contributed by atoms with van der Waals surface area (Å²) in [5.41, 5.74) is 2.76. The second-order valence-corrected chi connectivity index (χ2v) is 4.40. The zero-order chi connectivity index (χ0) is 14.7. The van der Waals surface area contributed by atoms with Gasteiger partial charge in [-0.25, -0.2) is 5.10 Å². The number of aryl methyl sites for hydroxylation is 2. The zero-order valence-electron chi connectivity index (χ0n) is 12.0. The molecule has 0 radical (unpaired) electrons. The maximum absolute atomic E-state index is 12.0. The van der Waals surface area contributed by atoms with Crippen LogP contribution in [0.3, 0.4) is 0 Å². The summed E-state index contributed by atoms with van der Waals surface area (Å²) in [4.78, 5) is 16.0.